The lowest BCUT2D eigenvalue weighted by Gasteiger charge is -2.32. The fourth-order valence-electron chi connectivity index (χ4n) is 1.73. The van der Waals surface area contributed by atoms with Crippen LogP contribution in [-0.2, 0) is 4.74 Å². The third kappa shape index (κ3) is 2.45. The molecule has 0 spiro atoms. The third-order valence-electron chi connectivity index (χ3n) is 2.51. The van der Waals surface area contributed by atoms with E-state index in [0.717, 1.165) is 18.1 Å². The van der Waals surface area contributed by atoms with Gasteiger partial charge in [0.25, 0.3) is 0 Å². The molecule has 0 radical (unpaired) electrons. The molecule has 1 aliphatic rings. The highest BCUT2D eigenvalue weighted by molar-refractivity contribution is 5.39. The summed E-state index contributed by atoms with van der Waals surface area (Å²) in [7, 11) is 0. The van der Waals surface area contributed by atoms with Crippen LogP contribution in [0.15, 0.2) is 18.2 Å². The number of nitrogens with zero attached hydrogens (tertiary/aromatic N) is 2. The normalized spacial score (nSPS) is 21.7. The van der Waals surface area contributed by atoms with Gasteiger partial charge in [-0.1, -0.05) is 6.07 Å². The Labute approximate surface area is 88.9 Å². The summed E-state index contributed by atoms with van der Waals surface area (Å²) >= 11 is 0. The van der Waals surface area contributed by atoms with Crippen molar-refractivity contribution in [3.63, 3.8) is 0 Å². The first-order chi connectivity index (χ1) is 7.29. The first-order valence-electron chi connectivity index (χ1n) is 5.16. The lowest BCUT2D eigenvalue weighted by Crippen LogP contribution is -2.43. The van der Waals surface area contributed by atoms with E-state index in [1.165, 1.54) is 0 Å². The van der Waals surface area contributed by atoms with Crippen LogP contribution in [0.2, 0.25) is 0 Å². The number of aromatic nitrogens is 1. The first kappa shape index (κ1) is 10.4. The van der Waals surface area contributed by atoms with E-state index < -0.39 is 6.67 Å². The first-order valence-corrected chi connectivity index (χ1v) is 5.16. The predicted octanol–water partition coefficient (Wildman–Crippen LogP) is 1.56. The molecule has 1 fully saturated rings. The zero-order chi connectivity index (χ0) is 10.7. The second-order valence-electron chi connectivity index (χ2n) is 3.73. The van der Waals surface area contributed by atoms with Gasteiger partial charge in [0.2, 0.25) is 0 Å². The number of rotatable bonds is 2. The van der Waals surface area contributed by atoms with Crippen molar-refractivity contribution in [1.82, 2.24) is 4.98 Å². The molecule has 1 aromatic heterocycles. The Morgan fingerprint density at radius 3 is 3.20 bits per heavy atom. The Morgan fingerprint density at radius 2 is 2.47 bits per heavy atom. The summed E-state index contributed by atoms with van der Waals surface area (Å²) in [6.45, 7) is 3.48. The largest absolute Gasteiger partial charge is 0.372 e. The van der Waals surface area contributed by atoms with Crippen LogP contribution in [0.1, 0.15) is 5.69 Å². The van der Waals surface area contributed by atoms with Gasteiger partial charge in [0.1, 0.15) is 18.6 Å². The maximum Gasteiger partial charge on any atom is 0.128 e. The van der Waals surface area contributed by atoms with E-state index in [1.807, 2.05) is 25.1 Å². The fourth-order valence-corrected chi connectivity index (χ4v) is 1.73. The van der Waals surface area contributed by atoms with E-state index in [0.29, 0.717) is 13.2 Å². The molecule has 1 saturated heterocycles. The van der Waals surface area contributed by atoms with Crippen molar-refractivity contribution < 1.29 is 9.13 Å². The Hall–Kier alpha value is -1.16. The quantitative estimate of drug-likeness (QED) is 0.740. The monoisotopic (exact) mass is 210 g/mol. The highest BCUT2D eigenvalue weighted by atomic mass is 19.1. The SMILES string of the molecule is Cc1cccc(N2CCO[C@H](CF)C2)n1. The summed E-state index contributed by atoms with van der Waals surface area (Å²) in [5.74, 6) is 0.914. The zero-order valence-electron chi connectivity index (χ0n) is 8.82. The lowest BCUT2D eigenvalue weighted by molar-refractivity contribution is 0.0245. The minimum absolute atomic E-state index is 0.305. The molecule has 15 heavy (non-hydrogen) atoms. The third-order valence-corrected chi connectivity index (χ3v) is 2.51. The molecule has 3 nitrogen and oxygen atoms in total. The molecular weight excluding hydrogens is 195 g/mol. The molecule has 1 atom stereocenters. The van der Waals surface area contributed by atoms with Gasteiger partial charge in [-0.3, -0.25) is 0 Å². The van der Waals surface area contributed by atoms with Crippen molar-refractivity contribution in [1.29, 1.82) is 0 Å². The van der Waals surface area contributed by atoms with Gasteiger partial charge >= 0.3 is 0 Å². The van der Waals surface area contributed by atoms with Crippen molar-refractivity contribution in [2.45, 2.75) is 13.0 Å². The van der Waals surface area contributed by atoms with Crippen LogP contribution in [0, 0.1) is 6.92 Å². The molecule has 0 bridgehead atoms. The van der Waals surface area contributed by atoms with E-state index in [2.05, 4.69) is 9.88 Å². The fraction of sp³-hybridized carbons (Fsp3) is 0.545. The number of hydrogen-bond acceptors (Lipinski definition) is 3. The number of pyridine rings is 1. The molecule has 2 rings (SSSR count). The highest BCUT2D eigenvalue weighted by Gasteiger charge is 2.21. The molecule has 0 N–H and O–H groups in total. The Morgan fingerprint density at radius 1 is 1.60 bits per heavy atom. The van der Waals surface area contributed by atoms with E-state index in [4.69, 9.17) is 4.74 Å². The number of halogens is 1. The second kappa shape index (κ2) is 4.57. The molecule has 82 valence electrons. The van der Waals surface area contributed by atoms with E-state index in [9.17, 15) is 4.39 Å². The summed E-state index contributed by atoms with van der Waals surface area (Å²) in [5, 5.41) is 0. The van der Waals surface area contributed by atoms with Gasteiger partial charge in [-0.2, -0.15) is 0 Å². The lowest BCUT2D eigenvalue weighted by atomic mass is 10.2. The van der Waals surface area contributed by atoms with E-state index in [-0.39, 0.29) is 6.10 Å². The molecule has 0 saturated carbocycles. The Balaban J connectivity index is 2.09. The van der Waals surface area contributed by atoms with Crippen molar-refractivity contribution >= 4 is 5.82 Å². The smallest absolute Gasteiger partial charge is 0.128 e. The maximum atomic E-state index is 12.5. The van der Waals surface area contributed by atoms with Gasteiger partial charge < -0.3 is 9.64 Å². The van der Waals surface area contributed by atoms with Crippen molar-refractivity contribution in [3.05, 3.63) is 23.9 Å². The molecule has 1 aromatic rings. The van der Waals surface area contributed by atoms with Gasteiger partial charge in [-0.05, 0) is 19.1 Å². The second-order valence-corrected chi connectivity index (χ2v) is 3.73. The minimum Gasteiger partial charge on any atom is -0.372 e. The standard InChI is InChI=1S/C11H15FN2O/c1-9-3-2-4-11(13-9)14-5-6-15-10(7-12)8-14/h2-4,10H,5-8H2,1H3/t10-/m1/s1. The van der Waals surface area contributed by atoms with E-state index >= 15 is 0 Å². The molecule has 4 heteroatoms. The maximum absolute atomic E-state index is 12.5. The topological polar surface area (TPSA) is 25.4 Å². The van der Waals surface area contributed by atoms with Gasteiger partial charge in [0, 0.05) is 18.8 Å². The molecular formula is C11H15FN2O. The van der Waals surface area contributed by atoms with Crippen molar-refractivity contribution in [2.24, 2.45) is 0 Å². The summed E-state index contributed by atoms with van der Waals surface area (Å²) < 4.78 is 17.7. The number of aryl methyl sites for hydroxylation is 1. The minimum atomic E-state index is -0.428. The van der Waals surface area contributed by atoms with Crippen LogP contribution in [-0.4, -0.2) is 37.5 Å². The Bertz CT molecular complexity index is 332. The van der Waals surface area contributed by atoms with Crippen LogP contribution >= 0.6 is 0 Å². The van der Waals surface area contributed by atoms with Crippen LogP contribution in [0.4, 0.5) is 10.2 Å². The van der Waals surface area contributed by atoms with Crippen LogP contribution in [0.25, 0.3) is 0 Å². The van der Waals surface area contributed by atoms with Crippen molar-refractivity contribution in [3.8, 4) is 0 Å². The average Bonchev–Trinajstić information content (AvgIpc) is 2.29. The van der Waals surface area contributed by atoms with Crippen LogP contribution in [0.5, 0.6) is 0 Å². The highest BCUT2D eigenvalue weighted by Crippen LogP contribution is 2.15. The molecule has 0 amide bonds. The summed E-state index contributed by atoms with van der Waals surface area (Å²) in [6, 6.07) is 5.88. The number of hydrogen-bond donors (Lipinski definition) is 0. The molecule has 0 unspecified atom stereocenters. The van der Waals surface area contributed by atoms with Crippen LogP contribution in [0.3, 0.4) is 0 Å². The number of morpholine rings is 1. The number of alkyl halides is 1. The summed E-state index contributed by atoms with van der Waals surface area (Å²) in [4.78, 5) is 6.48. The van der Waals surface area contributed by atoms with E-state index in [1.54, 1.807) is 0 Å². The average molecular weight is 210 g/mol. The van der Waals surface area contributed by atoms with Crippen LogP contribution < -0.4 is 4.90 Å². The number of anilines is 1. The molecule has 2 heterocycles. The van der Waals surface area contributed by atoms with Gasteiger partial charge in [0.15, 0.2) is 0 Å². The molecule has 1 aliphatic heterocycles. The van der Waals surface area contributed by atoms with Crippen molar-refractivity contribution in [2.75, 3.05) is 31.3 Å². The molecule has 0 aromatic carbocycles. The van der Waals surface area contributed by atoms with Gasteiger partial charge in [-0.25, -0.2) is 9.37 Å². The predicted molar refractivity (Wildman–Crippen MR) is 56.9 cm³/mol. The summed E-state index contributed by atoms with van der Waals surface area (Å²) in [6.07, 6.45) is -0.305. The number of ether oxygens (including phenoxy) is 1. The Kier molecular flexibility index (Phi) is 3.16. The van der Waals surface area contributed by atoms with Gasteiger partial charge in [0.05, 0.1) is 6.61 Å². The summed E-state index contributed by atoms with van der Waals surface area (Å²) in [5.41, 5.74) is 0.982. The zero-order valence-corrected chi connectivity index (χ0v) is 8.82. The molecule has 0 aliphatic carbocycles. The van der Waals surface area contributed by atoms with Gasteiger partial charge in [-0.15, -0.1) is 0 Å².